The van der Waals surface area contributed by atoms with Crippen molar-refractivity contribution in [3.8, 4) is 0 Å². The topological polar surface area (TPSA) is 59.1 Å². The number of aromatic nitrogens is 1. The molecule has 0 bridgehead atoms. The van der Waals surface area contributed by atoms with Crippen molar-refractivity contribution in [3.63, 3.8) is 0 Å². The predicted molar refractivity (Wildman–Crippen MR) is 65.3 cm³/mol. The van der Waals surface area contributed by atoms with E-state index < -0.39 is 9.84 Å². The molecule has 1 N–H and O–H groups in total. The zero-order valence-electron chi connectivity index (χ0n) is 9.22. The average molecular weight is 260 g/mol. The van der Waals surface area contributed by atoms with E-state index in [1.807, 2.05) is 10.9 Å². The van der Waals surface area contributed by atoms with Crippen LogP contribution in [-0.2, 0) is 9.84 Å². The van der Waals surface area contributed by atoms with Crippen LogP contribution >= 0.6 is 11.3 Å². The van der Waals surface area contributed by atoms with Crippen LogP contribution < -0.4 is 5.32 Å². The van der Waals surface area contributed by atoms with Gasteiger partial charge in [0.25, 0.3) is 0 Å². The first-order valence-electron chi connectivity index (χ1n) is 5.39. The fraction of sp³-hybridized carbons (Fsp3) is 0.700. The third kappa shape index (κ3) is 3.02. The highest BCUT2D eigenvalue weighted by Crippen LogP contribution is 2.19. The Kier molecular flexibility index (Phi) is 3.61. The van der Waals surface area contributed by atoms with E-state index in [1.54, 1.807) is 11.3 Å². The van der Waals surface area contributed by atoms with E-state index in [2.05, 4.69) is 17.2 Å². The molecule has 2 heterocycles. The molecule has 6 heteroatoms. The van der Waals surface area contributed by atoms with Gasteiger partial charge in [-0.2, -0.15) is 0 Å². The lowest BCUT2D eigenvalue weighted by Gasteiger charge is -2.14. The lowest BCUT2D eigenvalue weighted by Crippen LogP contribution is -2.26. The summed E-state index contributed by atoms with van der Waals surface area (Å²) in [5, 5.41) is 5.36. The number of nitrogens with zero attached hydrogens (tertiary/aromatic N) is 1. The van der Waals surface area contributed by atoms with Crippen molar-refractivity contribution in [2.75, 3.05) is 18.1 Å². The largest absolute Gasteiger partial charge is 0.309 e. The van der Waals surface area contributed by atoms with Gasteiger partial charge in [-0.1, -0.05) is 0 Å². The molecular weight excluding hydrogens is 244 g/mol. The number of sulfone groups is 1. The SMILES string of the molecule is CC(NCC1CCS(=O)(=O)C1)c1cscn1. The number of nitrogens with one attached hydrogen (secondary N) is 1. The van der Waals surface area contributed by atoms with E-state index >= 15 is 0 Å². The van der Waals surface area contributed by atoms with Crippen LogP contribution in [0.15, 0.2) is 10.9 Å². The molecule has 1 saturated heterocycles. The minimum atomic E-state index is -2.75. The van der Waals surface area contributed by atoms with Gasteiger partial charge < -0.3 is 5.32 Å². The second-order valence-electron chi connectivity index (χ2n) is 4.31. The fourth-order valence-electron chi connectivity index (χ4n) is 1.92. The predicted octanol–water partition coefficient (Wildman–Crippen LogP) is 1.23. The van der Waals surface area contributed by atoms with Gasteiger partial charge in [0.05, 0.1) is 22.7 Å². The average Bonchev–Trinajstić information content (AvgIpc) is 2.83. The third-order valence-electron chi connectivity index (χ3n) is 2.93. The maximum absolute atomic E-state index is 11.3. The highest BCUT2D eigenvalue weighted by Gasteiger charge is 2.27. The first-order valence-corrected chi connectivity index (χ1v) is 8.15. The number of hydrogen-bond donors (Lipinski definition) is 1. The van der Waals surface area contributed by atoms with Crippen LogP contribution in [0.2, 0.25) is 0 Å². The summed E-state index contributed by atoms with van der Waals surface area (Å²) < 4.78 is 22.6. The molecule has 1 aromatic heterocycles. The molecule has 0 aliphatic carbocycles. The molecule has 0 aromatic carbocycles. The lowest BCUT2D eigenvalue weighted by atomic mass is 10.1. The Labute approximate surface area is 100 Å². The maximum Gasteiger partial charge on any atom is 0.150 e. The van der Waals surface area contributed by atoms with Crippen molar-refractivity contribution in [1.82, 2.24) is 10.3 Å². The Hall–Kier alpha value is -0.460. The molecule has 1 fully saturated rings. The Balaban J connectivity index is 1.80. The summed E-state index contributed by atoms with van der Waals surface area (Å²) in [5.41, 5.74) is 2.85. The van der Waals surface area contributed by atoms with Gasteiger partial charge in [0.2, 0.25) is 0 Å². The molecule has 2 unspecified atom stereocenters. The van der Waals surface area contributed by atoms with Gasteiger partial charge in [0.1, 0.15) is 0 Å². The van der Waals surface area contributed by atoms with Crippen LogP contribution in [0.4, 0.5) is 0 Å². The zero-order valence-corrected chi connectivity index (χ0v) is 10.9. The van der Waals surface area contributed by atoms with Gasteiger partial charge in [-0.15, -0.1) is 11.3 Å². The second kappa shape index (κ2) is 4.81. The smallest absolute Gasteiger partial charge is 0.150 e. The van der Waals surface area contributed by atoms with Crippen LogP contribution in [0.3, 0.4) is 0 Å². The molecule has 2 rings (SSSR count). The van der Waals surface area contributed by atoms with Gasteiger partial charge in [-0.25, -0.2) is 13.4 Å². The molecule has 0 saturated carbocycles. The van der Waals surface area contributed by atoms with E-state index in [0.717, 1.165) is 18.7 Å². The molecule has 0 amide bonds. The fourth-order valence-corrected chi connectivity index (χ4v) is 4.43. The summed E-state index contributed by atoms with van der Waals surface area (Å²) in [5.74, 6) is 0.958. The third-order valence-corrected chi connectivity index (χ3v) is 5.38. The summed E-state index contributed by atoms with van der Waals surface area (Å²) >= 11 is 1.58. The number of hydrogen-bond acceptors (Lipinski definition) is 5. The molecule has 90 valence electrons. The Morgan fingerprint density at radius 1 is 1.69 bits per heavy atom. The monoisotopic (exact) mass is 260 g/mol. The first-order chi connectivity index (χ1) is 7.57. The Bertz CT molecular complexity index is 428. The van der Waals surface area contributed by atoms with Crippen molar-refractivity contribution < 1.29 is 8.42 Å². The quantitative estimate of drug-likeness (QED) is 0.884. The van der Waals surface area contributed by atoms with Crippen LogP contribution in [0, 0.1) is 5.92 Å². The normalized spacial score (nSPS) is 25.7. The zero-order chi connectivity index (χ0) is 11.6. The maximum atomic E-state index is 11.3. The molecule has 0 radical (unpaired) electrons. The highest BCUT2D eigenvalue weighted by molar-refractivity contribution is 7.91. The molecule has 1 aliphatic rings. The highest BCUT2D eigenvalue weighted by atomic mass is 32.2. The second-order valence-corrected chi connectivity index (χ2v) is 7.26. The van der Waals surface area contributed by atoms with E-state index in [4.69, 9.17) is 0 Å². The number of thiazole rings is 1. The van der Waals surface area contributed by atoms with E-state index in [1.165, 1.54) is 0 Å². The van der Waals surface area contributed by atoms with Crippen molar-refractivity contribution in [3.05, 3.63) is 16.6 Å². The molecule has 2 atom stereocenters. The van der Waals surface area contributed by atoms with Gasteiger partial charge in [-0.3, -0.25) is 0 Å². The van der Waals surface area contributed by atoms with Gasteiger partial charge in [0, 0.05) is 11.4 Å². The van der Waals surface area contributed by atoms with Crippen LogP contribution in [0.5, 0.6) is 0 Å². The van der Waals surface area contributed by atoms with Crippen molar-refractivity contribution >= 4 is 21.2 Å². The van der Waals surface area contributed by atoms with E-state index in [0.29, 0.717) is 11.5 Å². The molecule has 1 aliphatic heterocycles. The van der Waals surface area contributed by atoms with Crippen LogP contribution in [0.1, 0.15) is 25.1 Å². The minimum absolute atomic E-state index is 0.203. The Morgan fingerprint density at radius 3 is 3.06 bits per heavy atom. The summed E-state index contributed by atoms with van der Waals surface area (Å²) in [6.45, 7) is 2.82. The standard InChI is InChI=1S/C10H16N2O2S2/c1-8(10-5-15-7-12-10)11-4-9-2-3-16(13,14)6-9/h5,7-9,11H,2-4,6H2,1H3. The first kappa shape index (κ1) is 12.0. The Morgan fingerprint density at radius 2 is 2.50 bits per heavy atom. The van der Waals surface area contributed by atoms with E-state index in [-0.39, 0.29) is 12.0 Å². The summed E-state index contributed by atoms with van der Waals surface area (Å²) in [6.07, 6.45) is 0.791. The van der Waals surface area contributed by atoms with Crippen LogP contribution in [0.25, 0.3) is 0 Å². The summed E-state index contributed by atoms with van der Waals surface area (Å²) in [4.78, 5) is 4.23. The summed E-state index contributed by atoms with van der Waals surface area (Å²) in [7, 11) is -2.75. The molecule has 16 heavy (non-hydrogen) atoms. The molecule has 0 spiro atoms. The van der Waals surface area contributed by atoms with E-state index in [9.17, 15) is 8.42 Å². The van der Waals surface area contributed by atoms with Gasteiger partial charge in [-0.05, 0) is 25.8 Å². The van der Waals surface area contributed by atoms with Crippen LogP contribution in [-0.4, -0.2) is 31.5 Å². The van der Waals surface area contributed by atoms with Gasteiger partial charge in [0.15, 0.2) is 9.84 Å². The van der Waals surface area contributed by atoms with Gasteiger partial charge >= 0.3 is 0 Å². The molecular formula is C10H16N2O2S2. The summed E-state index contributed by atoms with van der Waals surface area (Å²) in [6, 6.07) is 0.203. The minimum Gasteiger partial charge on any atom is -0.309 e. The van der Waals surface area contributed by atoms with Crippen molar-refractivity contribution in [1.29, 1.82) is 0 Å². The van der Waals surface area contributed by atoms with Crippen molar-refractivity contribution in [2.45, 2.75) is 19.4 Å². The molecule has 4 nitrogen and oxygen atoms in total. The lowest BCUT2D eigenvalue weighted by molar-refractivity contribution is 0.472. The molecule has 1 aromatic rings. The van der Waals surface area contributed by atoms with Crippen molar-refractivity contribution in [2.24, 2.45) is 5.92 Å². The number of rotatable bonds is 4.